The number of phenolic OH excluding ortho intramolecular Hbond substituents is 1. The Bertz CT molecular complexity index is 482. The van der Waals surface area contributed by atoms with Gasteiger partial charge < -0.3 is 15.7 Å². The SMILES string of the molecule is CC(C)C1(C(=O)Nc2cccc(Br)c2O)CCNC1. The zero-order valence-corrected chi connectivity index (χ0v) is 12.8. The summed E-state index contributed by atoms with van der Waals surface area (Å²) in [6, 6.07) is 5.23. The number of carbonyl (C=O) groups is 1. The molecule has 0 aromatic heterocycles. The highest BCUT2D eigenvalue weighted by Gasteiger charge is 2.44. The molecule has 1 saturated heterocycles. The van der Waals surface area contributed by atoms with E-state index >= 15 is 0 Å². The molecule has 104 valence electrons. The molecule has 0 aliphatic carbocycles. The van der Waals surface area contributed by atoms with Crippen molar-refractivity contribution >= 4 is 27.5 Å². The van der Waals surface area contributed by atoms with E-state index in [1.165, 1.54) is 0 Å². The van der Waals surface area contributed by atoms with Crippen LogP contribution in [0.15, 0.2) is 22.7 Å². The van der Waals surface area contributed by atoms with Gasteiger partial charge in [-0.1, -0.05) is 19.9 Å². The number of hydrogen-bond acceptors (Lipinski definition) is 3. The van der Waals surface area contributed by atoms with E-state index < -0.39 is 5.41 Å². The van der Waals surface area contributed by atoms with Gasteiger partial charge in [-0.3, -0.25) is 4.79 Å². The second-order valence-corrected chi connectivity index (χ2v) is 6.18. The molecule has 1 amide bonds. The minimum Gasteiger partial charge on any atom is -0.505 e. The second kappa shape index (κ2) is 5.51. The summed E-state index contributed by atoms with van der Waals surface area (Å²) < 4.78 is 0.577. The highest BCUT2D eigenvalue weighted by atomic mass is 79.9. The van der Waals surface area contributed by atoms with Gasteiger partial charge in [0.2, 0.25) is 5.91 Å². The molecule has 4 nitrogen and oxygen atoms in total. The number of aromatic hydroxyl groups is 1. The van der Waals surface area contributed by atoms with Gasteiger partial charge in [0.25, 0.3) is 0 Å². The smallest absolute Gasteiger partial charge is 0.232 e. The Morgan fingerprint density at radius 2 is 2.26 bits per heavy atom. The van der Waals surface area contributed by atoms with Crippen molar-refractivity contribution in [1.82, 2.24) is 5.32 Å². The average molecular weight is 327 g/mol. The molecule has 3 N–H and O–H groups in total. The first-order valence-corrected chi connectivity index (χ1v) is 7.26. The summed E-state index contributed by atoms with van der Waals surface area (Å²) in [5, 5.41) is 16.0. The summed E-state index contributed by atoms with van der Waals surface area (Å²) in [6.07, 6.45) is 0.825. The third-order valence-electron chi connectivity index (χ3n) is 3.98. The molecule has 1 aromatic carbocycles. The van der Waals surface area contributed by atoms with Crippen LogP contribution in [0.5, 0.6) is 5.75 Å². The first-order valence-electron chi connectivity index (χ1n) is 6.47. The highest BCUT2D eigenvalue weighted by Crippen LogP contribution is 2.37. The van der Waals surface area contributed by atoms with Crippen LogP contribution in [0.3, 0.4) is 0 Å². The number of nitrogens with one attached hydrogen (secondary N) is 2. The van der Waals surface area contributed by atoms with Crippen molar-refractivity contribution in [3.63, 3.8) is 0 Å². The van der Waals surface area contributed by atoms with Crippen LogP contribution in [-0.4, -0.2) is 24.1 Å². The fourth-order valence-corrected chi connectivity index (χ4v) is 2.89. The molecule has 1 heterocycles. The maximum absolute atomic E-state index is 12.6. The van der Waals surface area contributed by atoms with Gasteiger partial charge in [0.05, 0.1) is 15.6 Å². The molecule has 1 unspecified atom stereocenters. The van der Waals surface area contributed by atoms with Gasteiger partial charge in [0.15, 0.2) is 5.75 Å². The molecule has 1 aliphatic heterocycles. The van der Waals surface area contributed by atoms with Gasteiger partial charge in [-0.25, -0.2) is 0 Å². The van der Waals surface area contributed by atoms with Gasteiger partial charge in [0, 0.05) is 6.54 Å². The summed E-state index contributed by atoms with van der Waals surface area (Å²) in [4.78, 5) is 12.6. The fraction of sp³-hybridized carbons (Fsp3) is 0.500. The zero-order chi connectivity index (χ0) is 14.0. The number of para-hydroxylation sites is 1. The molecule has 1 aliphatic rings. The molecule has 19 heavy (non-hydrogen) atoms. The lowest BCUT2D eigenvalue weighted by Gasteiger charge is -2.31. The van der Waals surface area contributed by atoms with Crippen molar-refractivity contribution in [2.24, 2.45) is 11.3 Å². The Balaban J connectivity index is 2.23. The number of rotatable bonds is 3. The largest absolute Gasteiger partial charge is 0.505 e. The Kier molecular flexibility index (Phi) is 4.16. The molecule has 0 radical (unpaired) electrons. The van der Waals surface area contributed by atoms with E-state index in [4.69, 9.17) is 0 Å². The average Bonchev–Trinajstić information content (AvgIpc) is 2.85. The van der Waals surface area contributed by atoms with Crippen LogP contribution in [0.4, 0.5) is 5.69 Å². The minimum atomic E-state index is -0.394. The fourth-order valence-electron chi connectivity index (χ4n) is 2.52. The second-order valence-electron chi connectivity index (χ2n) is 5.33. The molecular weight excluding hydrogens is 308 g/mol. The normalized spacial score (nSPS) is 22.7. The van der Waals surface area contributed by atoms with Gasteiger partial charge in [0.1, 0.15) is 0 Å². The summed E-state index contributed by atoms with van der Waals surface area (Å²) in [5.74, 6) is 0.290. The lowest BCUT2D eigenvalue weighted by atomic mass is 9.75. The van der Waals surface area contributed by atoms with E-state index in [1.807, 2.05) is 0 Å². The number of halogens is 1. The van der Waals surface area contributed by atoms with Crippen molar-refractivity contribution in [2.75, 3.05) is 18.4 Å². The van der Waals surface area contributed by atoms with E-state index in [2.05, 4.69) is 40.4 Å². The van der Waals surface area contributed by atoms with Crippen LogP contribution in [0.25, 0.3) is 0 Å². The summed E-state index contributed by atoms with van der Waals surface area (Å²) in [7, 11) is 0. The number of carbonyl (C=O) groups excluding carboxylic acids is 1. The van der Waals surface area contributed by atoms with Crippen molar-refractivity contribution in [3.05, 3.63) is 22.7 Å². The molecule has 0 spiro atoms. The van der Waals surface area contributed by atoms with Crippen LogP contribution in [0, 0.1) is 11.3 Å². The molecule has 0 saturated carbocycles. The first kappa shape index (κ1) is 14.3. The summed E-state index contributed by atoms with van der Waals surface area (Å²) >= 11 is 3.25. The van der Waals surface area contributed by atoms with Gasteiger partial charge >= 0.3 is 0 Å². The molecule has 1 fully saturated rings. The van der Waals surface area contributed by atoms with Crippen molar-refractivity contribution in [1.29, 1.82) is 0 Å². The van der Waals surface area contributed by atoms with Crippen molar-refractivity contribution in [2.45, 2.75) is 20.3 Å². The van der Waals surface area contributed by atoms with Crippen LogP contribution >= 0.6 is 15.9 Å². The van der Waals surface area contributed by atoms with Crippen LogP contribution in [-0.2, 0) is 4.79 Å². The Morgan fingerprint density at radius 1 is 1.53 bits per heavy atom. The lowest BCUT2D eigenvalue weighted by molar-refractivity contribution is -0.126. The van der Waals surface area contributed by atoms with Gasteiger partial charge in [-0.05, 0) is 46.9 Å². The van der Waals surface area contributed by atoms with Crippen LogP contribution in [0.2, 0.25) is 0 Å². The molecule has 1 aromatic rings. The Hall–Kier alpha value is -1.07. The van der Waals surface area contributed by atoms with Crippen molar-refractivity contribution < 1.29 is 9.90 Å². The topological polar surface area (TPSA) is 61.4 Å². The number of phenols is 1. The third kappa shape index (κ3) is 2.62. The maximum atomic E-state index is 12.6. The standard InChI is InChI=1S/C14H19BrN2O2/c1-9(2)14(6-7-16-8-14)13(19)17-11-5-3-4-10(15)12(11)18/h3-5,9,16,18H,6-8H2,1-2H3,(H,17,19). The quantitative estimate of drug-likeness (QED) is 0.748. The van der Waals surface area contributed by atoms with Gasteiger partial charge in [-0.15, -0.1) is 0 Å². The Labute approximate surface area is 121 Å². The summed E-state index contributed by atoms with van der Waals surface area (Å²) in [6.45, 7) is 5.67. The summed E-state index contributed by atoms with van der Waals surface area (Å²) in [5.41, 5.74) is 0.0562. The predicted molar refractivity (Wildman–Crippen MR) is 79.2 cm³/mol. The van der Waals surface area contributed by atoms with E-state index in [-0.39, 0.29) is 17.6 Å². The highest BCUT2D eigenvalue weighted by molar-refractivity contribution is 9.10. The first-order chi connectivity index (χ1) is 8.97. The van der Waals surface area contributed by atoms with E-state index in [0.29, 0.717) is 16.7 Å². The van der Waals surface area contributed by atoms with Crippen LogP contribution < -0.4 is 10.6 Å². The molecule has 5 heteroatoms. The van der Waals surface area contributed by atoms with Gasteiger partial charge in [-0.2, -0.15) is 0 Å². The van der Waals surface area contributed by atoms with E-state index in [9.17, 15) is 9.90 Å². The van der Waals surface area contributed by atoms with E-state index in [0.717, 1.165) is 13.0 Å². The Morgan fingerprint density at radius 3 is 2.84 bits per heavy atom. The minimum absolute atomic E-state index is 0.0269. The maximum Gasteiger partial charge on any atom is 0.232 e. The monoisotopic (exact) mass is 326 g/mol. The van der Waals surface area contributed by atoms with E-state index in [1.54, 1.807) is 18.2 Å². The number of amides is 1. The predicted octanol–water partition coefficient (Wildman–Crippen LogP) is 2.73. The van der Waals surface area contributed by atoms with Crippen molar-refractivity contribution in [3.8, 4) is 5.75 Å². The number of benzene rings is 1. The number of anilines is 1. The third-order valence-corrected chi connectivity index (χ3v) is 4.62. The number of hydrogen-bond donors (Lipinski definition) is 3. The molecular formula is C14H19BrN2O2. The molecule has 2 rings (SSSR count). The molecule has 1 atom stereocenters. The van der Waals surface area contributed by atoms with Crippen LogP contribution in [0.1, 0.15) is 20.3 Å². The molecule has 0 bridgehead atoms. The lowest BCUT2D eigenvalue weighted by Crippen LogP contribution is -2.42. The zero-order valence-electron chi connectivity index (χ0n) is 11.2.